The fourth-order valence-electron chi connectivity index (χ4n) is 0.981. The first-order chi connectivity index (χ1) is 6.83. The van der Waals surface area contributed by atoms with Crippen molar-refractivity contribution in [3.63, 3.8) is 0 Å². The van der Waals surface area contributed by atoms with Crippen LogP contribution in [0.25, 0.3) is 0 Å². The van der Waals surface area contributed by atoms with Crippen LogP contribution >= 0.6 is 15.9 Å². The number of hydrogen-bond donors (Lipinski definition) is 2. The van der Waals surface area contributed by atoms with Gasteiger partial charge in [-0.15, -0.1) is 0 Å². The Morgan fingerprint density at radius 2 is 2.13 bits per heavy atom. The maximum absolute atomic E-state index is 13.4. The van der Waals surface area contributed by atoms with E-state index in [1.54, 1.807) is 6.07 Å². The van der Waals surface area contributed by atoms with Gasteiger partial charge in [0, 0.05) is 4.47 Å². The highest BCUT2D eigenvalue weighted by Gasteiger charge is 2.27. The van der Waals surface area contributed by atoms with Crippen molar-refractivity contribution in [2.24, 2.45) is 0 Å². The van der Waals surface area contributed by atoms with Crippen molar-refractivity contribution in [3.8, 4) is 0 Å². The quantitative estimate of drug-likeness (QED) is 0.892. The molecule has 1 aromatic carbocycles. The number of aliphatic carboxylic acids is 1. The van der Waals surface area contributed by atoms with Crippen molar-refractivity contribution in [3.05, 3.63) is 28.5 Å². The van der Waals surface area contributed by atoms with Crippen LogP contribution < -0.4 is 5.32 Å². The zero-order valence-corrected chi connectivity index (χ0v) is 9.93. The first kappa shape index (κ1) is 12.0. The second kappa shape index (κ2) is 4.18. The number of anilines is 1. The fraction of sp³-hybridized carbons (Fsp3) is 0.300. The van der Waals surface area contributed by atoms with Gasteiger partial charge in [0.05, 0.1) is 5.69 Å². The lowest BCUT2D eigenvalue weighted by molar-refractivity contribution is -0.141. The highest BCUT2D eigenvalue weighted by molar-refractivity contribution is 9.10. The Bertz CT molecular complexity index is 393. The van der Waals surface area contributed by atoms with Crippen LogP contribution in [0.1, 0.15) is 13.8 Å². The number of carbonyl (C=O) groups is 1. The molecule has 1 aromatic rings. The maximum atomic E-state index is 13.4. The molecule has 0 unspecified atom stereocenters. The first-order valence-electron chi connectivity index (χ1n) is 4.29. The van der Waals surface area contributed by atoms with Crippen LogP contribution in [0.3, 0.4) is 0 Å². The highest BCUT2D eigenvalue weighted by atomic mass is 79.9. The number of carboxylic acid groups (broad SMARTS) is 1. The van der Waals surface area contributed by atoms with E-state index in [2.05, 4.69) is 21.2 Å². The summed E-state index contributed by atoms with van der Waals surface area (Å²) in [7, 11) is 0. The molecular weight excluding hydrogens is 265 g/mol. The molecule has 15 heavy (non-hydrogen) atoms. The molecule has 0 aliphatic carbocycles. The largest absolute Gasteiger partial charge is 0.480 e. The molecule has 0 saturated carbocycles. The van der Waals surface area contributed by atoms with Crippen LogP contribution in [0, 0.1) is 5.82 Å². The molecule has 1 rings (SSSR count). The minimum absolute atomic E-state index is 0.172. The van der Waals surface area contributed by atoms with Crippen LogP contribution in [-0.2, 0) is 4.79 Å². The third-order valence-electron chi connectivity index (χ3n) is 1.91. The van der Waals surface area contributed by atoms with Gasteiger partial charge in [0.15, 0.2) is 0 Å². The summed E-state index contributed by atoms with van der Waals surface area (Å²) in [4.78, 5) is 10.8. The average molecular weight is 276 g/mol. The summed E-state index contributed by atoms with van der Waals surface area (Å²) in [5.74, 6) is -1.52. The van der Waals surface area contributed by atoms with E-state index in [4.69, 9.17) is 5.11 Å². The fourth-order valence-corrected chi connectivity index (χ4v) is 1.31. The minimum atomic E-state index is -1.20. The second-order valence-corrected chi connectivity index (χ2v) is 4.59. The van der Waals surface area contributed by atoms with Crippen molar-refractivity contribution < 1.29 is 14.3 Å². The SMILES string of the molecule is CC(C)(Nc1ccc(Br)cc1F)C(=O)O. The Morgan fingerprint density at radius 3 is 2.60 bits per heavy atom. The van der Waals surface area contributed by atoms with Gasteiger partial charge in [-0.3, -0.25) is 0 Å². The summed E-state index contributed by atoms with van der Waals surface area (Å²) in [6.07, 6.45) is 0. The lowest BCUT2D eigenvalue weighted by Gasteiger charge is -2.22. The molecule has 0 heterocycles. The van der Waals surface area contributed by atoms with Gasteiger partial charge in [-0.2, -0.15) is 0 Å². The van der Waals surface area contributed by atoms with E-state index in [0.29, 0.717) is 4.47 Å². The topological polar surface area (TPSA) is 49.3 Å². The number of hydrogen-bond acceptors (Lipinski definition) is 2. The summed E-state index contributed by atoms with van der Waals surface area (Å²) >= 11 is 3.12. The Hall–Kier alpha value is -1.10. The number of rotatable bonds is 3. The van der Waals surface area contributed by atoms with E-state index in [9.17, 15) is 9.18 Å². The highest BCUT2D eigenvalue weighted by Crippen LogP contribution is 2.22. The van der Waals surface area contributed by atoms with Gasteiger partial charge in [0.2, 0.25) is 0 Å². The Labute approximate surface area is 95.4 Å². The van der Waals surface area contributed by atoms with Crippen LogP contribution in [0.15, 0.2) is 22.7 Å². The van der Waals surface area contributed by atoms with Crippen LogP contribution in [-0.4, -0.2) is 16.6 Å². The third-order valence-corrected chi connectivity index (χ3v) is 2.41. The molecule has 0 fully saturated rings. The van der Waals surface area contributed by atoms with E-state index in [-0.39, 0.29) is 5.69 Å². The molecule has 0 aliphatic rings. The zero-order chi connectivity index (χ0) is 11.6. The Balaban J connectivity index is 2.95. The minimum Gasteiger partial charge on any atom is -0.480 e. The van der Waals surface area contributed by atoms with E-state index < -0.39 is 17.3 Å². The standard InChI is InChI=1S/C10H11BrFNO2/c1-10(2,9(14)15)13-8-4-3-6(11)5-7(8)12/h3-5,13H,1-2H3,(H,14,15). The monoisotopic (exact) mass is 275 g/mol. The van der Waals surface area contributed by atoms with Crippen LogP contribution in [0.4, 0.5) is 10.1 Å². The smallest absolute Gasteiger partial charge is 0.328 e. The maximum Gasteiger partial charge on any atom is 0.328 e. The molecule has 0 radical (unpaired) electrons. The van der Waals surface area contributed by atoms with E-state index in [0.717, 1.165) is 0 Å². The van der Waals surface area contributed by atoms with Gasteiger partial charge in [0.25, 0.3) is 0 Å². The van der Waals surface area contributed by atoms with Crippen molar-refractivity contribution in [2.45, 2.75) is 19.4 Å². The molecule has 2 N–H and O–H groups in total. The molecular formula is C10H11BrFNO2. The van der Waals surface area contributed by atoms with Crippen molar-refractivity contribution in [2.75, 3.05) is 5.32 Å². The van der Waals surface area contributed by atoms with Crippen molar-refractivity contribution in [1.82, 2.24) is 0 Å². The van der Waals surface area contributed by atoms with E-state index >= 15 is 0 Å². The van der Waals surface area contributed by atoms with Gasteiger partial charge in [0.1, 0.15) is 11.4 Å². The number of halogens is 2. The summed E-state index contributed by atoms with van der Waals surface area (Å²) in [5, 5.41) is 11.5. The molecule has 0 amide bonds. The lowest BCUT2D eigenvalue weighted by atomic mass is 10.1. The summed E-state index contributed by atoms with van der Waals surface area (Å²) in [5.41, 5.74) is -1.03. The van der Waals surface area contributed by atoms with Gasteiger partial charge in [-0.1, -0.05) is 15.9 Å². The molecule has 0 saturated heterocycles. The van der Waals surface area contributed by atoms with E-state index in [1.807, 2.05) is 0 Å². The van der Waals surface area contributed by atoms with Gasteiger partial charge in [-0.25, -0.2) is 9.18 Å². The molecule has 82 valence electrons. The predicted molar refractivity (Wildman–Crippen MR) is 59.4 cm³/mol. The number of nitrogens with one attached hydrogen (secondary N) is 1. The number of carboxylic acids is 1. The molecule has 0 atom stereocenters. The normalized spacial score (nSPS) is 11.2. The first-order valence-corrected chi connectivity index (χ1v) is 5.09. The summed E-state index contributed by atoms with van der Waals surface area (Å²) in [6, 6.07) is 4.41. The lowest BCUT2D eigenvalue weighted by Crippen LogP contribution is -2.40. The van der Waals surface area contributed by atoms with Crippen LogP contribution in [0.2, 0.25) is 0 Å². The van der Waals surface area contributed by atoms with Gasteiger partial charge in [-0.05, 0) is 32.0 Å². The Morgan fingerprint density at radius 1 is 1.53 bits per heavy atom. The predicted octanol–water partition coefficient (Wildman–Crippen LogP) is 2.86. The van der Waals surface area contributed by atoms with Gasteiger partial charge >= 0.3 is 5.97 Å². The molecule has 0 aromatic heterocycles. The van der Waals surface area contributed by atoms with Crippen molar-refractivity contribution in [1.29, 1.82) is 0 Å². The molecule has 3 nitrogen and oxygen atoms in total. The van der Waals surface area contributed by atoms with Crippen molar-refractivity contribution >= 4 is 27.6 Å². The van der Waals surface area contributed by atoms with Crippen LogP contribution in [0.5, 0.6) is 0 Å². The summed E-state index contributed by atoms with van der Waals surface area (Å²) < 4.78 is 14.0. The molecule has 0 bridgehead atoms. The Kier molecular flexibility index (Phi) is 3.34. The van der Waals surface area contributed by atoms with Gasteiger partial charge < -0.3 is 10.4 Å². The zero-order valence-electron chi connectivity index (χ0n) is 8.34. The molecule has 5 heteroatoms. The molecule has 0 spiro atoms. The summed E-state index contributed by atoms with van der Waals surface area (Å²) in [6.45, 7) is 2.94. The van der Waals surface area contributed by atoms with E-state index in [1.165, 1.54) is 26.0 Å². The number of benzene rings is 1. The molecule has 0 aliphatic heterocycles. The average Bonchev–Trinajstić information content (AvgIpc) is 2.09. The second-order valence-electron chi connectivity index (χ2n) is 3.68. The third kappa shape index (κ3) is 2.92.